The second-order valence-corrected chi connectivity index (χ2v) is 3.04. The first kappa shape index (κ1) is 11.4. The minimum absolute atomic E-state index is 0.0503. The largest absolute Gasteiger partial charge is 0.383 e. The number of ether oxygens (including phenoxy) is 1. The summed E-state index contributed by atoms with van der Waals surface area (Å²) in [7, 11) is 1.51. The van der Waals surface area contributed by atoms with E-state index >= 15 is 0 Å². The zero-order chi connectivity index (χ0) is 11.4. The molecule has 0 aromatic carbocycles. The molecule has 1 heterocycles. The monoisotopic (exact) mass is 212 g/mol. The lowest BCUT2D eigenvalue weighted by molar-refractivity contribution is -0.386. The van der Waals surface area contributed by atoms with E-state index in [1.54, 1.807) is 6.92 Å². The third-order valence-electron chi connectivity index (χ3n) is 2.14. The molecule has 15 heavy (non-hydrogen) atoms. The molecule has 0 N–H and O–H groups in total. The highest BCUT2D eigenvalue weighted by Gasteiger charge is 2.14. The molecule has 0 fully saturated rings. The molecule has 1 aromatic heterocycles. The van der Waals surface area contributed by atoms with Crippen LogP contribution in [-0.4, -0.2) is 23.2 Å². The predicted molar refractivity (Wildman–Crippen MR) is 54.0 cm³/mol. The molecule has 0 saturated heterocycles. The SMILES string of the molecule is COCCn1c(C)c([N+](=O)[O-])ccc1=O. The lowest BCUT2D eigenvalue weighted by Crippen LogP contribution is -2.24. The van der Waals surface area contributed by atoms with E-state index in [0.29, 0.717) is 18.8 Å². The lowest BCUT2D eigenvalue weighted by atomic mass is 10.3. The summed E-state index contributed by atoms with van der Waals surface area (Å²) in [6.45, 7) is 2.22. The number of hydrogen-bond acceptors (Lipinski definition) is 4. The summed E-state index contributed by atoms with van der Waals surface area (Å²) in [6.07, 6.45) is 0. The molecule has 0 aliphatic heterocycles. The van der Waals surface area contributed by atoms with Crippen LogP contribution in [0.1, 0.15) is 5.69 Å². The molecule has 0 aliphatic rings. The molecular formula is C9H12N2O4. The molecule has 0 radical (unpaired) electrons. The summed E-state index contributed by atoms with van der Waals surface area (Å²) in [5, 5.41) is 10.6. The van der Waals surface area contributed by atoms with Gasteiger partial charge in [0.25, 0.3) is 11.2 Å². The maximum atomic E-state index is 11.4. The van der Waals surface area contributed by atoms with Crippen LogP contribution in [0.4, 0.5) is 5.69 Å². The number of methoxy groups -OCH3 is 1. The number of nitro groups is 1. The van der Waals surface area contributed by atoms with Crippen LogP contribution >= 0.6 is 0 Å². The standard InChI is InChI=1S/C9H12N2O4/c1-7-8(11(13)14)3-4-9(12)10(7)5-6-15-2/h3-4H,5-6H2,1-2H3. The fourth-order valence-electron chi connectivity index (χ4n) is 1.32. The number of nitrogens with zero attached hydrogens (tertiary/aromatic N) is 2. The van der Waals surface area contributed by atoms with Gasteiger partial charge < -0.3 is 9.30 Å². The summed E-state index contributed by atoms with van der Waals surface area (Å²) in [6, 6.07) is 2.42. The average Bonchev–Trinajstić information content (AvgIpc) is 2.17. The van der Waals surface area contributed by atoms with Crippen LogP contribution in [0.2, 0.25) is 0 Å². The third-order valence-corrected chi connectivity index (χ3v) is 2.14. The molecule has 82 valence electrons. The van der Waals surface area contributed by atoms with Gasteiger partial charge in [0, 0.05) is 25.8 Å². The van der Waals surface area contributed by atoms with Gasteiger partial charge in [0.1, 0.15) is 0 Å². The van der Waals surface area contributed by atoms with Crippen LogP contribution in [0.15, 0.2) is 16.9 Å². The van der Waals surface area contributed by atoms with Gasteiger partial charge in [-0.1, -0.05) is 0 Å². The van der Waals surface area contributed by atoms with E-state index < -0.39 is 4.92 Å². The molecule has 0 aliphatic carbocycles. The van der Waals surface area contributed by atoms with Crippen molar-refractivity contribution in [1.82, 2.24) is 4.57 Å². The minimum atomic E-state index is -0.502. The summed E-state index contributed by atoms with van der Waals surface area (Å²) >= 11 is 0. The van der Waals surface area contributed by atoms with E-state index in [1.165, 1.54) is 23.8 Å². The van der Waals surface area contributed by atoms with Gasteiger partial charge in [0.15, 0.2) is 0 Å². The van der Waals surface area contributed by atoms with Gasteiger partial charge in [-0.3, -0.25) is 14.9 Å². The highest BCUT2D eigenvalue weighted by Crippen LogP contribution is 2.14. The van der Waals surface area contributed by atoms with Crippen molar-refractivity contribution < 1.29 is 9.66 Å². The van der Waals surface area contributed by atoms with Crippen molar-refractivity contribution in [3.05, 3.63) is 38.3 Å². The normalized spacial score (nSPS) is 10.3. The predicted octanol–water partition coefficient (Wildman–Crippen LogP) is 0.711. The molecule has 0 amide bonds. The smallest absolute Gasteiger partial charge is 0.288 e. The van der Waals surface area contributed by atoms with Crippen LogP contribution in [0, 0.1) is 17.0 Å². The Bertz CT molecular complexity index is 425. The quantitative estimate of drug-likeness (QED) is 0.544. The van der Waals surface area contributed by atoms with E-state index in [0.717, 1.165) is 0 Å². The molecule has 0 bridgehead atoms. The second-order valence-electron chi connectivity index (χ2n) is 3.04. The van der Waals surface area contributed by atoms with Crippen LogP contribution in [-0.2, 0) is 11.3 Å². The number of rotatable bonds is 4. The highest BCUT2D eigenvalue weighted by molar-refractivity contribution is 5.34. The van der Waals surface area contributed by atoms with Crippen molar-refractivity contribution in [3.8, 4) is 0 Å². The zero-order valence-electron chi connectivity index (χ0n) is 8.60. The number of aromatic nitrogens is 1. The summed E-state index contributed by atoms with van der Waals surface area (Å²) in [5.74, 6) is 0. The maximum Gasteiger partial charge on any atom is 0.288 e. The van der Waals surface area contributed by atoms with Crippen molar-refractivity contribution in [2.24, 2.45) is 0 Å². The molecule has 0 unspecified atom stereocenters. The van der Waals surface area contributed by atoms with Gasteiger partial charge >= 0.3 is 0 Å². The van der Waals surface area contributed by atoms with Crippen molar-refractivity contribution in [3.63, 3.8) is 0 Å². The molecule has 6 nitrogen and oxygen atoms in total. The molecule has 1 aromatic rings. The van der Waals surface area contributed by atoms with Crippen LogP contribution in [0.5, 0.6) is 0 Å². The van der Waals surface area contributed by atoms with Gasteiger partial charge in [0.05, 0.1) is 17.2 Å². The Balaban J connectivity index is 3.18. The maximum absolute atomic E-state index is 11.4. The molecule has 6 heteroatoms. The molecular weight excluding hydrogens is 200 g/mol. The number of hydrogen-bond donors (Lipinski definition) is 0. The molecule has 0 atom stereocenters. The Hall–Kier alpha value is -1.69. The molecule has 0 spiro atoms. The first-order chi connectivity index (χ1) is 7.07. The summed E-state index contributed by atoms with van der Waals surface area (Å²) in [4.78, 5) is 21.5. The van der Waals surface area contributed by atoms with E-state index in [4.69, 9.17) is 4.74 Å². The third kappa shape index (κ3) is 2.41. The average molecular weight is 212 g/mol. The molecule has 1 rings (SSSR count). The van der Waals surface area contributed by atoms with Crippen molar-refractivity contribution in [1.29, 1.82) is 0 Å². The highest BCUT2D eigenvalue weighted by atomic mass is 16.6. The van der Waals surface area contributed by atoms with Gasteiger partial charge in [-0.25, -0.2) is 0 Å². The fourth-order valence-corrected chi connectivity index (χ4v) is 1.32. The van der Waals surface area contributed by atoms with Crippen LogP contribution in [0.3, 0.4) is 0 Å². The minimum Gasteiger partial charge on any atom is -0.383 e. The fraction of sp³-hybridized carbons (Fsp3) is 0.444. The Morgan fingerprint density at radius 2 is 2.20 bits per heavy atom. The summed E-state index contributed by atoms with van der Waals surface area (Å²) < 4.78 is 6.16. The van der Waals surface area contributed by atoms with E-state index in [-0.39, 0.29) is 11.2 Å². The Morgan fingerprint density at radius 3 is 2.73 bits per heavy atom. The van der Waals surface area contributed by atoms with Gasteiger partial charge in [-0.2, -0.15) is 0 Å². The Kier molecular flexibility index (Phi) is 3.56. The van der Waals surface area contributed by atoms with Gasteiger partial charge in [0.2, 0.25) is 0 Å². The lowest BCUT2D eigenvalue weighted by Gasteiger charge is -2.08. The van der Waals surface area contributed by atoms with Crippen molar-refractivity contribution in [2.75, 3.05) is 13.7 Å². The Labute approximate surface area is 86.2 Å². The number of pyridine rings is 1. The van der Waals surface area contributed by atoms with E-state index in [1.807, 2.05) is 0 Å². The van der Waals surface area contributed by atoms with Gasteiger partial charge in [-0.05, 0) is 6.92 Å². The van der Waals surface area contributed by atoms with Crippen molar-refractivity contribution in [2.45, 2.75) is 13.5 Å². The zero-order valence-corrected chi connectivity index (χ0v) is 8.60. The first-order valence-electron chi connectivity index (χ1n) is 4.41. The van der Waals surface area contributed by atoms with E-state index in [2.05, 4.69) is 0 Å². The Morgan fingerprint density at radius 1 is 1.53 bits per heavy atom. The van der Waals surface area contributed by atoms with Crippen LogP contribution < -0.4 is 5.56 Å². The second kappa shape index (κ2) is 4.70. The first-order valence-corrected chi connectivity index (χ1v) is 4.41. The topological polar surface area (TPSA) is 74.4 Å². The van der Waals surface area contributed by atoms with Crippen molar-refractivity contribution >= 4 is 5.69 Å². The van der Waals surface area contributed by atoms with E-state index in [9.17, 15) is 14.9 Å². The van der Waals surface area contributed by atoms with Gasteiger partial charge in [-0.15, -0.1) is 0 Å². The summed E-state index contributed by atoms with van der Waals surface area (Å²) in [5.41, 5.74) is 0.0467. The molecule has 0 saturated carbocycles. The van der Waals surface area contributed by atoms with Crippen LogP contribution in [0.25, 0.3) is 0 Å².